The molecule has 0 unspecified atom stereocenters. The van der Waals surface area contributed by atoms with Gasteiger partial charge in [-0.15, -0.1) is 0 Å². The molecular formula is C4H5N4. The normalized spacial score (nSPS) is 8.62. The highest BCUT2D eigenvalue weighted by molar-refractivity contribution is 5.26. The van der Waals surface area contributed by atoms with E-state index in [1.54, 1.807) is 0 Å². The summed E-state index contributed by atoms with van der Waals surface area (Å²) in [4.78, 5) is 7.37. The number of rotatable bonds is 1. The molecule has 1 rings (SSSR count). The van der Waals surface area contributed by atoms with Crippen LogP contribution in [0, 0.1) is 6.20 Å². The van der Waals surface area contributed by atoms with Crippen LogP contribution in [-0.4, -0.2) is 9.97 Å². The first-order chi connectivity index (χ1) is 3.93. The monoisotopic (exact) mass is 109 g/mol. The van der Waals surface area contributed by atoms with Gasteiger partial charge >= 0.3 is 0 Å². The molecule has 1 aromatic heterocycles. The van der Waals surface area contributed by atoms with Crippen LogP contribution in [0.15, 0.2) is 12.4 Å². The van der Waals surface area contributed by atoms with Gasteiger partial charge in [-0.3, -0.25) is 4.98 Å². The van der Waals surface area contributed by atoms with Gasteiger partial charge in [0.25, 0.3) is 0 Å². The van der Waals surface area contributed by atoms with Crippen molar-refractivity contribution in [1.82, 2.24) is 9.97 Å². The molecule has 4 heteroatoms. The van der Waals surface area contributed by atoms with E-state index in [1.807, 2.05) is 0 Å². The third-order valence-corrected chi connectivity index (χ3v) is 0.662. The second-order valence-electron chi connectivity index (χ2n) is 1.18. The van der Waals surface area contributed by atoms with Gasteiger partial charge in [-0.05, 0) is 0 Å². The SMILES string of the molecule is NNc1cnc[c]n1. The maximum atomic E-state index is 4.98. The Morgan fingerprint density at radius 3 is 3.00 bits per heavy atom. The zero-order valence-corrected chi connectivity index (χ0v) is 4.13. The fraction of sp³-hybridized carbons (Fsp3) is 0. The van der Waals surface area contributed by atoms with Crippen LogP contribution < -0.4 is 11.3 Å². The van der Waals surface area contributed by atoms with Crippen molar-refractivity contribution in [1.29, 1.82) is 0 Å². The third kappa shape index (κ3) is 0.913. The molecule has 41 valence electrons. The number of anilines is 1. The number of hydrazine groups is 1. The molecule has 0 aliphatic carbocycles. The van der Waals surface area contributed by atoms with Crippen molar-refractivity contribution < 1.29 is 0 Å². The summed E-state index contributed by atoms with van der Waals surface area (Å²) < 4.78 is 0. The average molecular weight is 109 g/mol. The second kappa shape index (κ2) is 2.23. The van der Waals surface area contributed by atoms with Gasteiger partial charge in [0.1, 0.15) is 6.20 Å². The van der Waals surface area contributed by atoms with Crippen LogP contribution in [0.3, 0.4) is 0 Å². The first-order valence-corrected chi connectivity index (χ1v) is 2.08. The number of nitrogens with zero attached hydrogens (tertiary/aromatic N) is 2. The Balaban J connectivity index is 2.83. The maximum Gasteiger partial charge on any atom is 0.159 e. The van der Waals surface area contributed by atoms with Gasteiger partial charge in [0.15, 0.2) is 5.82 Å². The minimum atomic E-state index is 0.521. The minimum Gasteiger partial charge on any atom is -0.307 e. The molecule has 4 nitrogen and oxygen atoms in total. The summed E-state index contributed by atoms with van der Waals surface area (Å²) in [5.74, 6) is 5.50. The fourth-order valence-electron chi connectivity index (χ4n) is 0.338. The summed E-state index contributed by atoms with van der Waals surface area (Å²) >= 11 is 0. The predicted octanol–water partition coefficient (Wildman–Crippen LogP) is -0.438. The predicted molar refractivity (Wildman–Crippen MR) is 28.7 cm³/mol. The van der Waals surface area contributed by atoms with Crippen LogP contribution in [0.25, 0.3) is 0 Å². The highest BCUT2D eigenvalue weighted by Gasteiger charge is 1.82. The molecule has 3 N–H and O–H groups in total. The van der Waals surface area contributed by atoms with Gasteiger partial charge in [0.2, 0.25) is 0 Å². The molecule has 8 heavy (non-hydrogen) atoms. The van der Waals surface area contributed by atoms with Crippen LogP contribution in [0.1, 0.15) is 0 Å². The summed E-state index contributed by atoms with van der Waals surface area (Å²) in [6, 6.07) is 0. The van der Waals surface area contributed by atoms with E-state index in [0.29, 0.717) is 5.82 Å². The van der Waals surface area contributed by atoms with Gasteiger partial charge in [0, 0.05) is 0 Å². The highest BCUT2D eigenvalue weighted by Crippen LogP contribution is 1.90. The van der Waals surface area contributed by atoms with Crippen molar-refractivity contribution in [3.63, 3.8) is 0 Å². The van der Waals surface area contributed by atoms with E-state index >= 15 is 0 Å². The molecule has 1 aromatic rings. The van der Waals surface area contributed by atoms with Crippen molar-refractivity contribution >= 4 is 5.82 Å². The molecule has 0 saturated heterocycles. The van der Waals surface area contributed by atoms with Gasteiger partial charge < -0.3 is 5.43 Å². The van der Waals surface area contributed by atoms with Crippen LogP contribution >= 0.6 is 0 Å². The Labute approximate surface area is 46.7 Å². The molecule has 1 radical (unpaired) electrons. The van der Waals surface area contributed by atoms with E-state index in [-0.39, 0.29) is 0 Å². The van der Waals surface area contributed by atoms with Crippen molar-refractivity contribution in [2.45, 2.75) is 0 Å². The molecule has 1 heterocycles. The molecule has 0 aliphatic rings. The van der Waals surface area contributed by atoms with Crippen molar-refractivity contribution in [2.24, 2.45) is 5.84 Å². The lowest BCUT2D eigenvalue weighted by Crippen LogP contribution is -2.08. The van der Waals surface area contributed by atoms with Crippen LogP contribution in [0.5, 0.6) is 0 Å². The Morgan fingerprint density at radius 1 is 1.75 bits per heavy atom. The number of nitrogens with one attached hydrogen (secondary N) is 1. The lowest BCUT2D eigenvalue weighted by atomic mass is 10.7. The van der Waals surface area contributed by atoms with E-state index in [2.05, 4.69) is 21.6 Å². The summed E-state index contributed by atoms with van der Waals surface area (Å²) in [5.41, 5.74) is 2.32. The summed E-state index contributed by atoms with van der Waals surface area (Å²) in [6.07, 6.45) is 5.48. The fourth-order valence-corrected chi connectivity index (χ4v) is 0.338. The van der Waals surface area contributed by atoms with E-state index in [1.165, 1.54) is 12.4 Å². The van der Waals surface area contributed by atoms with Gasteiger partial charge in [-0.2, -0.15) is 0 Å². The first-order valence-electron chi connectivity index (χ1n) is 2.08. The van der Waals surface area contributed by atoms with Crippen molar-refractivity contribution in [2.75, 3.05) is 5.43 Å². The molecular weight excluding hydrogens is 104 g/mol. The lowest BCUT2D eigenvalue weighted by molar-refractivity contribution is 1.15. The zero-order valence-electron chi connectivity index (χ0n) is 4.13. The Morgan fingerprint density at radius 2 is 2.62 bits per heavy atom. The number of nitrogens with two attached hydrogens (primary N) is 1. The largest absolute Gasteiger partial charge is 0.307 e. The quantitative estimate of drug-likeness (QED) is 0.379. The molecule has 0 aromatic carbocycles. The Hall–Kier alpha value is -1.16. The summed E-state index contributed by atoms with van der Waals surface area (Å²) in [6.45, 7) is 0. The topological polar surface area (TPSA) is 63.8 Å². The Kier molecular flexibility index (Phi) is 1.39. The number of hydrogen-bond donors (Lipinski definition) is 2. The standard InChI is InChI=1S/C4H5N4/c5-8-4-3-6-1-2-7-4/h1,3H,5H2,(H,7,8). The lowest BCUT2D eigenvalue weighted by Gasteiger charge is -1.91. The number of hydrogen-bond acceptors (Lipinski definition) is 4. The first kappa shape index (κ1) is 4.99. The second-order valence-corrected chi connectivity index (χ2v) is 1.18. The molecule has 0 saturated carbocycles. The molecule has 0 bridgehead atoms. The zero-order chi connectivity index (χ0) is 5.82. The van der Waals surface area contributed by atoms with E-state index in [4.69, 9.17) is 5.84 Å². The van der Waals surface area contributed by atoms with E-state index in [9.17, 15) is 0 Å². The molecule has 0 spiro atoms. The number of nitrogen functional groups attached to an aromatic ring is 1. The average Bonchev–Trinajstić information content (AvgIpc) is 1.90. The van der Waals surface area contributed by atoms with Crippen LogP contribution in [0.2, 0.25) is 0 Å². The maximum absolute atomic E-state index is 4.98. The molecule has 0 aliphatic heterocycles. The van der Waals surface area contributed by atoms with Gasteiger partial charge in [-0.1, -0.05) is 0 Å². The number of aromatic nitrogens is 2. The van der Waals surface area contributed by atoms with Gasteiger partial charge in [-0.25, -0.2) is 10.8 Å². The minimum absolute atomic E-state index is 0.521. The Bertz CT molecular complexity index is 149. The van der Waals surface area contributed by atoms with Crippen LogP contribution in [-0.2, 0) is 0 Å². The smallest absolute Gasteiger partial charge is 0.159 e. The molecule has 0 fully saturated rings. The van der Waals surface area contributed by atoms with Gasteiger partial charge in [0.05, 0.1) is 12.4 Å². The summed E-state index contributed by atoms with van der Waals surface area (Å²) in [7, 11) is 0. The summed E-state index contributed by atoms with van der Waals surface area (Å²) in [5, 5.41) is 0. The van der Waals surface area contributed by atoms with E-state index < -0.39 is 0 Å². The van der Waals surface area contributed by atoms with Crippen LogP contribution in [0.4, 0.5) is 5.82 Å². The highest BCUT2D eigenvalue weighted by atomic mass is 15.2. The van der Waals surface area contributed by atoms with Crippen molar-refractivity contribution in [3.8, 4) is 0 Å². The molecule has 0 atom stereocenters. The molecule has 0 amide bonds. The van der Waals surface area contributed by atoms with E-state index in [0.717, 1.165) is 0 Å². The third-order valence-electron chi connectivity index (χ3n) is 0.662. The van der Waals surface area contributed by atoms with Crippen molar-refractivity contribution in [3.05, 3.63) is 18.6 Å².